The van der Waals surface area contributed by atoms with Gasteiger partial charge in [-0.05, 0) is 30.0 Å². The molecule has 0 fully saturated rings. The Bertz CT molecular complexity index is 430. The molecule has 19 heavy (non-hydrogen) atoms. The van der Waals surface area contributed by atoms with Crippen LogP contribution in [0.25, 0.3) is 0 Å². The second-order valence-electron chi connectivity index (χ2n) is 5.36. The van der Waals surface area contributed by atoms with Crippen molar-refractivity contribution in [3.63, 3.8) is 0 Å². The smallest absolute Gasteiger partial charge is 0.407 e. The van der Waals surface area contributed by atoms with Crippen molar-refractivity contribution in [1.82, 2.24) is 4.90 Å². The summed E-state index contributed by atoms with van der Waals surface area (Å²) < 4.78 is 12.8. The Morgan fingerprint density at radius 1 is 1.47 bits per heavy atom. The fourth-order valence-electron chi connectivity index (χ4n) is 1.61. The molecular weight excluding hydrogens is 247 g/mol. The van der Waals surface area contributed by atoms with Gasteiger partial charge in [-0.3, -0.25) is 0 Å². The van der Waals surface area contributed by atoms with Crippen LogP contribution in [-0.4, -0.2) is 28.7 Å². The molecule has 1 aromatic rings. The molecule has 0 aliphatic carbocycles. The van der Waals surface area contributed by atoms with Gasteiger partial charge in [0.25, 0.3) is 0 Å². The van der Waals surface area contributed by atoms with Crippen molar-refractivity contribution in [3.8, 4) is 0 Å². The lowest BCUT2D eigenvalue weighted by molar-refractivity contribution is 0.114. The Morgan fingerprint density at radius 2 is 2.00 bits per heavy atom. The quantitative estimate of drug-likeness (QED) is 0.861. The lowest BCUT2D eigenvalue weighted by atomic mass is 9.85. The number of benzene rings is 1. The summed E-state index contributed by atoms with van der Waals surface area (Å²) >= 11 is 0. The van der Waals surface area contributed by atoms with E-state index < -0.39 is 11.5 Å². The van der Waals surface area contributed by atoms with Gasteiger partial charge in [0.1, 0.15) is 5.82 Å². The van der Waals surface area contributed by atoms with Crippen LogP contribution in [0.1, 0.15) is 19.4 Å². The van der Waals surface area contributed by atoms with E-state index in [0.717, 1.165) is 5.56 Å². The summed E-state index contributed by atoms with van der Waals surface area (Å²) in [5.74, 6) is -0.342. The number of amides is 1. The molecule has 1 radical (unpaired) electrons. The summed E-state index contributed by atoms with van der Waals surface area (Å²) in [5.41, 5.74) is 6.05. The first-order valence-electron chi connectivity index (χ1n) is 6.03. The van der Waals surface area contributed by atoms with Crippen molar-refractivity contribution in [2.75, 3.05) is 6.54 Å². The third-order valence-electron chi connectivity index (χ3n) is 3.16. The van der Waals surface area contributed by atoms with Crippen molar-refractivity contribution in [1.29, 1.82) is 0 Å². The Labute approximate surface area is 113 Å². The Morgan fingerprint density at radius 3 is 2.42 bits per heavy atom. The van der Waals surface area contributed by atoms with Crippen LogP contribution in [0.2, 0.25) is 0 Å². The van der Waals surface area contributed by atoms with Gasteiger partial charge in [0, 0.05) is 19.1 Å². The molecule has 1 atom stereocenters. The summed E-state index contributed by atoms with van der Waals surface area (Å²) in [5, 5.41) is 9.22. The molecule has 0 aliphatic rings. The van der Waals surface area contributed by atoms with Gasteiger partial charge in [0.2, 0.25) is 0 Å². The van der Waals surface area contributed by atoms with Crippen LogP contribution in [0.15, 0.2) is 24.3 Å². The normalized spacial score (nSPS) is 13.1. The summed E-state index contributed by atoms with van der Waals surface area (Å²) in [4.78, 5) is 12.5. The highest BCUT2D eigenvalue weighted by Gasteiger charge is 2.28. The minimum absolute atomic E-state index is 0.200. The van der Waals surface area contributed by atoms with E-state index in [0.29, 0.717) is 0 Å². The highest BCUT2D eigenvalue weighted by atomic mass is 19.1. The number of carboxylic acid groups (broad SMARTS) is 1. The molecule has 0 aromatic heterocycles. The van der Waals surface area contributed by atoms with E-state index in [9.17, 15) is 14.3 Å². The number of nitrogens with two attached hydrogens (primary N) is 1. The second kappa shape index (κ2) is 6.02. The lowest BCUT2D eigenvalue weighted by Crippen LogP contribution is -2.45. The van der Waals surface area contributed by atoms with Crippen molar-refractivity contribution in [2.45, 2.75) is 26.4 Å². The average Bonchev–Trinajstić information content (AvgIpc) is 2.30. The van der Waals surface area contributed by atoms with Gasteiger partial charge in [-0.25, -0.2) is 9.18 Å². The van der Waals surface area contributed by atoms with Gasteiger partial charge >= 0.3 is 6.09 Å². The van der Waals surface area contributed by atoms with Gasteiger partial charge in [-0.1, -0.05) is 26.0 Å². The number of carbonyl (C=O) groups is 1. The molecule has 105 valence electrons. The minimum Gasteiger partial charge on any atom is -0.465 e. The second-order valence-corrected chi connectivity index (χ2v) is 5.36. The lowest BCUT2D eigenvalue weighted by Gasteiger charge is -2.34. The molecule has 4 nitrogen and oxygen atoms in total. The third-order valence-corrected chi connectivity index (χ3v) is 3.16. The van der Waals surface area contributed by atoms with Crippen LogP contribution in [0.4, 0.5) is 9.18 Å². The van der Waals surface area contributed by atoms with Gasteiger partial charge in [0.05, 0.1) is 0 Å². The molecule has 0 spiro atoms. The first-order chi connectivity index (χ1) is 8.72. The molecule has 0 saturated heterocycles. The molecule has 0 bridgehead atoms. The summed E-state index contributed by atoms with van der Waals surface area (Å²) in [7, 11) is 0. The number of rotatable bonds is 5. The van der Waals surface area contributed by atoms with Crippen LogP contribution in [0.5, 0.6) is 0 Å². The standard InChI is InChI=1S/C14H20FN2O2/c1-10(16)14(2,3)9-17(13(18)19)8-11-4-6-12(15)7-5-11/h4-7,10H,1,8-9,16H2,2-3H3,(H,18,19). The van der Waals surface area contributed by atoms with Crippen molar-refractivity contribution < 1.29 is 14.3 Å². The summed E-state index contributed by atoms with van der Waals surface area (Å²) in [6.07, 6.45) is -1.03. The van der Waals surface area contributed by atoms with E-state index in [-0.39, 0.29) is 24.9 Å². The largest absolute Gasteiger partial charge is 0.465 e. The zero-order valence-corrected chi connectivity index (χ0v) is 11.3. The monoisotopic (exact) mass is 267 g/mol. The maximum absolute atomic E-state index is 12.8. The number of nitrogens with zero attached hydrogens (tertiary/aromatic N) is 1. The molecule has 0 heterocycles. The first kappa shape index (κ1) is 15.4. The van der Waals surface area contributed by atoms with E-state index in [4.69, 9.17) is 5.73 Å². The maximum Gasteiger partial charge on any atom is 0.407 e. The van der Waals surface area contributed by atoms with Gasteiger partial charge in [0.15, 0.2) is 0 Å². The fraction of sp³-hybridized carbons (Fsp3) is 0.429. The van der Waals surface area contributed by atoms with Crippen LogP contribution in [0, 0.1) is 18.2 Å². The van der Waals surface area contributed by atoms with E-state index in [1.165, 1.54) is 17.0 Å². The van der Waals surface area contributed by atoms with E-state index in [1.54, 1.807) is 12.1 Å². The summed E-state index contributed by atoms with van der Waals surface area (Å²) in [6.45, 7) is 7.95. The molecule has 1 aromatic carbocycles. The van der Waals surface area contributed by atoms with Gasteiger partial charge in [-0.15, -0.1) is 0 Å². The zero-order chi connectivity index (χ0) is 14.6. The highest BCUT2D eigenvalue weighted by molar-refractivity contribution is 5.65. The van der Waals surface area contributed by atoms with E-state index >= 15 is 0 Å². The predicted molar refractivity (Wildman–Crippen MR) is 71.9 cm³/mol. The number of hydrogen-bond acceptors (Lipinski definition) is 2. The molecule has 1 amide bonds. The topological polar surface area (TPSA) is 66.6 Å². The first-order valence-corrected chi connectivity index (χ1v) is 6.03. The molecule has 5 heteroatoms. The van der Waals surface area contributed by atoms with Crippen LogP contribution >= 0.6 is 0 Å². The maximum atomic E-state index is 12.8. The molecular formula is C14H20FN2O2. The van der Waals surface area contributed by atoms with E-state index in [2.05, 4.69) is 6.92 Å². The van der Waals surface area contributed by atoms with E-state index in [1.807, 2.05) is 13.8 Å². The molecule has 1 rings (SSSR count). The fourth-order valence-corrected chi connectivity index (χ4v) is 1.61. The zero-order valence-electron chi connectivity index (χ0n) is 11.3. The van der Waals surface area contributed by atoms with Crippen molar-refractivity contribution >= 4 is 6.09 Å². The van der Waals surface area contributed by atoms with Crippen LogP contribution < -0.4 is 5.73 Å². The Balaban J connectivity index is 2.79. The van der Waals surface area contributed by atoms with Crippen molar-refractivity contribution in [2.24, 2.45) is 11.1 Å². The van der Waals surface area contributed by atoms with Gasteiger partial charge < -0.3 is 15.7 Å². The summed E-state index contributed by atoms with van der Waals surface area (Å²) in [6, 6.07) is 5.40. The SMILES string of the molecule is [CH2]C(N)C(C)(C)CN(Cc1ccc(F)cc1)C(=O)O. The molecule has 1 unspecified atom stereocenters. The van der Waals surface area contributed by atoms with Crippen LogP contribution in [-0.2, 0) is 6.54 Å². The predicted octanol–water partition coefficient (Wildman–Crippen LogP) is 2.49. The van der Waals surface area contributed by atoms with Gasteiger partial charge in [-0.2, -0.15) is 0 Å². The molecule has 3 N–H and O–H groups in total. The third kappa shape index (κ3) is 4.52. The Kier molecular flexibility index (Phi) is 4.89. The highest BCUT2D eigenvalue weighted by Crippen LogP contribution is 2.21. The minimum atomic E-state index is -1.03. The number of halogens is 1. The van der Waals surface area contributed by atoms with Crippen molar-refractivity contribution in [3.05, 3.63) is 42.6 Å². The van der Waals surface area contributed by atoms with Crippen LogP contribution in [0.3, 0.4) is 0 Å². The molecule has 0 saturated carbocycles. The average molecular weight is 267 g/mol. The Hall–Kier alpha value is -1.62. The molecule has 0 aliphatic heterocycles. The number of hydrogen-bond donors (Lipinski definition) is 2.